The number of H-pyrrole nitrogens is 1. The van der Waals surface area contributed by atoms with Crippen LogP contribution < -0.4 is 9.80 Å². The summed E-state index contributed by atoms with van der Waals surface area (Å²) in [5, 5.41) is 1.00. The fraction of sp³-hybridized carbons (Fsp3) is 0.364. The number of nitrogens with one attached hydrogen (secondary N) is 1. The number of hydrogen-bond donors (Lipinski definition) is 1. The second kappa shape index (κ2) is 13.0. The highest BCUT2D eigenvalue weighted by atomic mass is 16.5. The quantitative estimate of drug-likeness (QED) is 0.334. The third-order valence-electron chi connectivity index (χ3n) is 7.75. The summed E-state index contributed by atoms with van der Waals surface area (Å²) in [6.07, 6.45) is 8.58. The predicted molar refractivity (Wildman–Crippen MR) is 164 cm³/mol. The van der Waals surface area contributed by atoms with Crippen LogP contribution in [0.1, 0.15) is 48.2 Å². The van der Waals surface area contributed by atoms with E-state index in [0.717, 1.165) is 71.1 Å². The number of aromatic amines is 1. The summed E-state index contributed by atoms with van der Waals surface area (Å²) in [6, 6.07) is 18.2. The molecule has 5 rings (SSSR count). The molecule has 0 atom stereocenters. The van der Waals surface area contributed by atoms with Crippen molar-refractivity contribution in [1.29, 1.82) is 0 Å². The molecular weight excluding hydrogens is 514 g/mol. The van der Waals surface area contributed by atoms with E-state index < -0.39 is 0 Å². The first-order valence-electron chi connectivity index (χ1n) is 14.4. The van der Waals surface area contributed by atoms with Gasteiger partial charge in [-0.05, 0) is 65.9 Å². The van der Waals surface area contributed by atoms with E-state index >= 15 is 0 Å². The Morgan fingerprint density at radius 2 is 1.76 bits per heavy atom. The highest BCUT2D eigenvalue weighted by Crippen LogP contribution is 2.31. The van der Waals surface area contributed by atoms with Gasteiger partial charge >= 0.3 is 0 Å². The molecule has 2 aromatic carbocycles. The average molecular weight is 554 g/mol. The molecular formula is C33H39N5O3. The largest absolute Gasteiger partial charge is 0.378 e. The number of methoxy groups -OCH3 is 1. The molecule has 0 bridgehead atoms. The maximum Gasteiger partial charge on any atom is 0.270 e. The van der Waals surface area contributed by atoms with Gasteiger partial charge in [-0.1, -0.05) is 37.5 Å². The molecule has 0 saturated carbocycles. The van der Waals surface area contributed by atoms with Crippen LogP contribution >= 0.6 is 0 Å². The molecule has 4 aromatic rings. The van der Waals surface area contributed by atoms with Gasteiger partial charge in [-0.3, -0.25) is 14.6 Å². The number of hydrogen-bond acceptors (Lipinski definition) is 5. The van der Waals surface area contributed by atoms with Gasteiger partial charge in [0.1, 0.15) is 12.3 Å². The molecule has 2 amide bonds. The third kappa shape index (κ3) is 6.60. The molecule has 0 saturated heterocycles. The highest BCUT2D eigenvalue weighted by Gasteiger charge is 2.24. The van der Waals surface area contributed by atoms with Gasteiger partial charge in [0.2, 0.25) is 0 Å². The molecule has 1 N–H and O–H groups in total. The summed E-state index contributed by atoms with van der Waals surface area (Å²) in [5.74, 6) is -0.123. The Labute approximate surface area is 241 Å². The van der Waals surface area contributed by atoms with Gasteiger partial charge in [-0.2, -0.15) is 0 Å². The molecule has 1 aliphatic rings. The van der Waals surface area contributed by atoms with Crippen LogP contribution in [-0.2, 0) is 16.1 Å². The number of nitrogens with zero attached hydrogens (tertiary/aromatic N) is 4. The molecule has 8 nitrogen and oxygen atoms in total. The van der Waals surface area contributed by atoms with E-state index in [1.54, 1.807) is 13.3 Å². The number of carbonyl (C=O) groups excluding carboxylic acids is 2. The molecule has 3 heterocycles. The fourth-order valence-corrected chi connectivity index (χ4v) is 5.51. The Balaban J connectivity index is 1.55. The van der Waals surface area contributed by atoms with E-state index in [1.165, 1.54) is 0 Å². The lowest BCUT2D eigenvalue weighted by Crippen LogP contribution is -2.37. The smallest absolute Gasteiger partial charge is 0.270 e. The van der Waals surface area contributed by atoms with Crippen molar-refractivity contribution in [3.8, 4) is 11.1 Å². The third-order valence-corrected chi connectivity index (χ3v) is 7.75. The molecule has 8 heteroatoms. The maximum absolute atomic E-state index is 14.1. The molecule has 0 fully saturated rings. The minimum Gasteiger partial charge on any atom is -0.378 e. The first-order chi connectivity index (χ1) is 19.9. The average Bonchev–Trinajstić information content (AvgIpc) is 3.41. The zero-order valence-corrected chi connectivity index (χ0v) is 24.2. The summed E-state index contributed by atoms with van der Waals surface area (Å²) >= 11 is 0. The summed E-state index contributed by atoms with van der Waals surface area (Å²) in [4.78, 5) is 40.8. The van der Waals surface area contributed by atoms with E-state index in [-0.39, 0.29) is 18.4 Å². The number of pyridine rings is 1. The van der Waals surface area contributed by atoms with E-state index in [0.29, 0.717) is 25.3 Å². The van der Waals surface area contributed by atoms with Crippen LogP contribution in [0.15, 0.2) is 67.0 Å². The normalized spacial score (nSPS) is 14.7. The summed E-state index contributed by atoms with van der Waals surface area (Å²) in [6.45, 7) is 1.65. The molecule has 2 aromatic heterocycles. The van der Waals surface area contributed by atoms with Gasteiger partial charge in [0.25, 0.3) is 11.8 Å². The van der Waals surface area contributed by atoms with E-state index in [2.05, 4.69) is 28.2 Å². The number of anilines is 2. The van der Waals surface area contributed by atoms with Gasteiger partial charge < -0.3 is 24.4 Å². The number of rotatable bonds is 5. The minimum atomic E-state index is -0.0786. The SMILES string of the molecule is COCC(=O)N1CCCCCCCN(C(=O)c2cc3ccc(N(C)C)cc3[nH]2)Cc2cc(-c3cccnc3)ccc21. The molecule has 0 spiro atoms. The van der Waals surface area contributed by atoms with Gasteiger partial charge in [-0.15, -0.1) is 0 Å². The molecule has 1 aliphatic heterocycles. The van der Waals surface area contributed by atoms with Gasteiger partial charge in [-0.25, -0.2) is 0 Å². The van der Waals surface area contributed by atoms with Crippen LogP contribution in [0.4, 0.5) is 11.4 Å². The zero-order chi connectivity index (χ0) is 28.8. The van der Waals surface area contributed by atoms with Crippen molar-refractivity contribution in [3.05, 3.63) is 78.2 Å². The molecule has 0 unspecified atom stereocenters. The Morgan fingerprint density at radius 3 is 2.51 bits per heavy atom. The van der Waals surface area contributed by atoms with Crippen LogP contribution in [0.2, 0.25) is 0 Å². The Kier molecular flexibility index (Phi) is 8.99. The second-order valence-corrected chi connectivity index (χ2v) is 10.9. The predicted octanol–water partition coefficient (Wildman–Crippen LogP) is 5.88. The summed E-state index contributed by atoms with van der Waals surface area (Å²) in [5.41, 5.74) is 6.31. The van der Waals surface area contributed by atoms with Crippen molar-refractivity contribution in [3.63, 3.8) is 0 Å². The van der Waals surface area contributed by atoms with Crippen LogP contribution in [0.5, 0.6) is 0 Å². The van der Waals surface area contributed by atoms with Crippen molar-refractivity contribution in [2.24, 2.45) is 0 Å². The van der Waals surface area contributed by atoms with Crippen molar-refractivity contribution in [1.82, 2.24) is 14.9 Å². The first-order valence-corrected chi connectivity index (χ1v) is 14.4. The van der Waals surface area contributed by atoms with Crippen molar-refractivity contribution < 1.29 is 14.3 Å². The van der Waals surface area contributed by atoms with Crippen LogP contribution in [0, 0.1) is 0 Å². The lowest BCUT2D eigenvalue weighted by atomic mass is 10.0. The number of amides is 2. The van der Waals surface area contributed by atoms with Crippen molar-refractivity contribution in [2.45, 2.75) is 38.6 Å². The number of carbonyl (C=O) groups is 2. The highest BCUT2D eigenvalue weighted by molar-refractivity contribution is 5.99. The van der Waals surface area contributed by atoms with Crippen LogP contribution in [-0.4, -0.2) is 67.6 Å². The van der Waals surface area contributed by atoms with E-state index in [9.17, 15) is 9.59 Å². The molecule has 41 heavy (non-hydrogen) atoms. The Hall–Kier alpha value is -4.17. The van der Waals surface area contributed by atoms with Crippen molar-refractivity contribution >= 4 is 34.1 Å². The lowest BCUT2D eigenvalue weighted by Gasteiger charge is -2.29. The Morgan fingerprint density at radius 1 is 0.951 bits per heavy atom. The maximum atomic E-state index is 14.1. The number of aromatic nitrogens is 2. The second-order valence-electron chi connectivity index (χ2n) is 10.9. The van der Waals surface area contributed by atoms with E-state index in [1.807, 2.05) is 71.4 Å². The van der Waals surface area contributed by atoms with Gasteiger partial charge in [0.15, 0.2) is 0 Å². The number of fused-ring (bicyclic) bond motifs is 2. The topological polar surface area (TPSA) is 81.8 Å². The summed E-state index contributed by atoms with van der Waals surface area (Å²) < 4.78 is 5.24. The van der Waals surface area contributed by atoms with Crippen LogP contribution in [0.25, 0.3) is 22.0 Å². The lowest BCUT2D eigenvalue weighted by molar-refractivity contribution is -0.122. The monoisotopic (exact) mass is 553 g/mol. The molecule has 214 valence electrons. The molecule has 0 radical (unpaired) electrons. The zero-order valence-electron chi connectivity index (χ0n) is 24.2. The van der Waals surface area contributed by atoms with E-state index in [4.69, 9.17) is 4.74 Å². The van der Waals surface area contributed by atoms with Gasteiger partial charge in [0, 0.05) is 75.5 Å². The summed E-state index contributed by atoms with van der Waals surface area (Å²) in [7, 11) is 5.55. The van der Waals surface area contributed by atoms with Crippen molar-refractivity contribution in [2.75, 3.05) is 50.7 Å². The van der Waals surface area contributed by atoms with Gasteiger partial charge in [0.05, 0.1) is 0 Å². The number of ether oxygens (including phenoxy) is 1. The van der Waals surface area contributed by atoms with Crippen LogP contribution in [0.3, 0.4) is 0 Å². The Bertz CT molecular complexity index is 1500. The minimum absolute atomic E-state index is 0.0104. The molecule has 0 aliphatic carbocycles. The first kappa shape index (κ1) is 28.4. The standard InChI is InChI=1S/C33H39N5O3/c1-36(2)28-13-11-25-19-30(35-29(25)20-28)33(40)37-16-7-5-4-6-8-17-38(32(39)23-41-3)31-14-12-24(18-27(31)22-37)26-10-9-15-34-21-26/h9-15,18-21,35H,4-8,16-17,22-23H2,1-3H3. The fourth-order valence-electron chi connectivity index (χ4n) is 5.51. The number of benzene rings is 2.